The van der Waals surface area contributed by atoms with E-state index in [9.17, 15) is 15.0 Å². The monoisotopic (exact) mass is 256 g/mol. The van der Waals surface area contributed by atoms with E-state index in [1.165, 1.54) is 13.3 Å². The van der Waals surface area contributed by atoms with Gasteiger partial charge in [-0.1, -0.05) is 12.8 Å². The van der Waals surface area contributed by atoms with E-state index in [-0.39, 0.29) is 18.1 Å². The number of rotatable bonds is 2. The van der Waals surface area contributed by atoms with Crippen molar-refractivity contribution in [3.63, 3.8) is 0 Å². The SMILES string of the molecule is CC(O)C(=O)N1CCN(C2CCCCC2O)CC1. The zero-order valence-electron chi connectivity index (χ0n) is 11.1. The number of nitrogens with zero attached hydrogens (tertiary/aromatic N) is 2. The molecule has 5 heteroatoms. The molecule has 2 aliphatic rings. The molecule has 1 aliphatic carbocycles. The highest BCUT2D eigenvalue weighted by Crippen LogP contribution is 2.24. The molecule has 2 N–H and O–H groups in total. The van der Waals surface area contributed by atoms with Crippen LogP contribution in [-0.2, 0) is 4.79 Å². The van der Waals surface area contributed by atoms with Crippen LogP contribution in [0.1, 0.15) is 32.6 Å². The maximum absolute atomic E-state index is 11.7. The van der Waals surface area contributed by atoms with Crippen molar-refractivity contribution in [2.45, 2.75) is 50.9 Å². The highest BCUT2D eigenvalue weighted by molar-refractivity contribution is 5.80. The van der Waals surface area contributed by atoms with E-state index < -0.39 is 6.10 Å². The number of piperazine rings is 1. The fourth-order valence-electron chi connectivity index (χ4n) is 3.06. The maximum Gasteiger partial charge on any atom is 0.251 e. The number of hydrogen-bond acceptors (Lipinski definition) is 4. The van der Waals surface area contributed by atoms with Crippen LogP contribution in [0.5, 0.6) is 0 Å². The first-order valence-electron chi connectivity index (χ1n) is 6.98. The van der Waals surface area contributed by atoms with Gasteiger partial charge in [0.2, 0.25) is 0 Å². The highest BCUT2D eigenvalue weighted by atomic mass is 16.3. The molecule has 5 nitrogen and oxygen atoms in total. The van der Waals surface area contributed by atoms with Gasteiger partial charge < -0.3 is 15.1 Å². The predicted octanol–water partition coefficient (Wildman–Crippen LogP) is -0.185. The molecule has 2 fully saturated rings. The van der Waals surface area contributed by atoms with Gasteiger partial charge in [-0.3, -0.25) is 9.69 Å². The van der Waals surface area contributed by atoms with Crippen LogP contribution in [0.25, 0.3) is 0 Å². The molecule has 0 bridgehead atoms. The van der Waals surface area contributed by atoms with Gasteiger partial charge in [0.1, 0.15) is 6.10 Å². The smallest absolute Gasteiger partial charge is 0.251 e. The first-order valence-corrected chi connectivity index (χ1v) is 6.98. The number of hydrogen-bond donors (Lipinski definition) is 2. The molecule has 3 unspecified atom stereocenters. The molecule has 1 aliphatic heterocycles. The second kappa shape index (κ2) is 5.99. The summed E-state index contributed by atoms with van der Waals surface area (Å²) in [6.07, 6.45) is 3.16. The molecule has 0 aromatic carbocycles. The van der Waals surface area contributed by atoms with Crippen molar-refractivity contribution in [3.05, 3.63) is 0 Å². The lowest BCUT2D eigenvalue weighted by Gasteiger charge is -2.42. The minimum absolute atomic E-state index is 0.182. The van der Waals surface area contributed by atoms with Gasteiger partial charge >= 0.3 is 0 Å². The van der Waals surface area contributed by atoms with Gasteiger partial charge in [0.15, 0.2) is 0 Å². The number of amides is 1. The fourth-order valence-corrected chi connectivity index (χ4v) is 3.06. The lowest BCUT2D eigenvalue weighted by Crippen LogP contribution is -2.56. The third kappa shape index (κ3) is 3.02. The van der Waals surface area contributed by atoms with E-state index in [2.05, 4.69) is 4.90 Å². The Morgan fingerprint density at radius 3 is 2.33 bits per heavy atom. The Morgan fingerprint density at radius 2 is 1.78 bits per heavy atom. The van der Waals surface area contributed by atoms with Crippen LogP contribution >= 0.6 is 0 Å². The zero-order chi connectivity index (χ0) is 13.1. The van der Waals surface area contributed by atoms with E-state index in [1.807, 2.05) is 0 Å². The van der Waals surface area contributed by atoms with Crippen LogP contribution in [-0.4, -0.2) is 70.3 Å². The quantitative estimate of drug-likeness (QED) is 0.719. The predicted molar refractivity (Wildman–Crippen MR) is 68.1 cm³/mol. The Morgan fingerprint density at radius 1 is 1.17 bits per heavy atom. The van der Waals surface area contributed by atoms with E-state index in [0.717, 1.165) is 32.4 Å². The summed E-state index contributed by atoms with van der Waals surface area (Å²) in [4.78, 5) is 15.7. The summed E-state index contributed by atoms with van der Waals surface area (Å²) in [6, 6.07) is 0.266. The molecular weight excluding hydrogens is 232 g/mol. The van der Waals surface area contributed by atoms with E-state index in [1.54, 1.807) is 4.90 Å². The van der Waals surface area contributed by atoms with Crippen molar-refractivity contribution in [1.82, 2.24) is 9.80 Å². The van der Waals surface area contributed by atoms with Crippen molar-refractivity contribution in [1.29, 1.82) is 0 Å². The Kier molecular flexibility index (Phi) is 4.59. The van der Waals surface area contributed by atoms with E-state index in [4.69, 9.17) is 0 Å². The third-order valence-corrected chi connectivity index (χ3v) is 4.15. The van der Waals surface area contributed by atoms with Crippen molar-refractivity contribution in [3.8, 4) is 0 Å². The minimum atomic E-state index is -0.906. The minimum Gasteiger partial charge on any atom is -0.391 e. The van der Waals surface area contributed by atoms with Crippen LogP contribution < -0.4 is 0 Å². The van der Waals surface area contributed by atoms with Crippen molar-refractivity contribution in [2.24, 2.45) is 0 Å². The summed E-state index contributed by atoms with van der Waals surface area (Å²) in [5.41, 5.74) is 0. The number of carbonyl (C=O) groups excluding carboxylic acids is 1. The van der Waals surface area contributed by atoms with Crippen LogP contribution in [0.4, 0.5) is 0 Å². The van der Waals surface area contributed by atoms with E-state index >= 15 is 0 Å². The van der Waals surface area contributed by atoms with Gasteiger partial charge in [-0.05, 0) is 19.8 Å². The third-order valence-electron chi connectivity index (χ3n) is 4.15. The topological polar surface area (TPSA) is 64.0 Å². The average Bonchev–Trinajstić information content (AvgIpc) is 2.38. The lowest BCUT2D eigenvalue weighted by atomic mass is 9.91. The second-order valence-electron chi connectivity index (χ2n) is 5.46. The first kappa shape index (κ1) is 13.8. The molecule has 1 heterocycles. The molecule has 18 heavy (non-hydrogen) atoms. The van der Waals surface area contributed by atoms with Gasteiger partial charge in [0.25, 0.3) is 5.91 Å². The van der Waals surface area contributed by atoms with Gasteiger partial charge in [0.05, 0.1) is 6.10 Å². The number of aliphatic hydroxyl groups excluding tert-OH is 2. The Hall–Kier alpha value is -0.650. The molecule has 0 aromatic heterocycles. The summed E-state index contributed by atoms with van der Waals surface area (Å²) in [5, 5.41) is 19.3. The number of carbonyl (C=O) groups is 1. The summed E-state index contributed by atoms with van der Waals surface area (Å²) in [5.74, 6) is -0.182. The van der Waals surface area contributed by atoms with Crippen molar-refractivity contribution < 1.29 is 15.0 Å². The second-order valence-corrected chi connectivity index (χ2v) is 5.46. The standard InChI is InChI=1S/C13H24N2O3/c1-10(16)13(18)15-8-6-14(7-9-15)11-4-2-3-5-12(11)17/h10-12,16-17H,2-9H2,1H3. The van der Waals surface area contributed by atoms with Gasteiger partial charge in [0, 0.05) is 32.2 Å². The number of aliphatic hydroxyl groups is 2. The molecule has 0 radical (unpaired) electrons. The summed E-state index contributed by atoms with van der Waals surface area (Å²) >= 11 is 0. The first-order chi connectivity index (χ1) is 8.59. The average molecular weight is 256 g/mol. The van der Waals surface area contributed by atoms with Gasteiger partial charge in [-0.2, -0.15) is 0 Å². The Bertz CT molecular complexity index is 288. The Labute approximate surface area is 108 Å². The molecule has 0 aromatic rings. The zero-order valence-corrected chi connectivity index (χ0v) is 11.1. The van der Waals surface area contributed by atoms with Crippen LogP contribution in [0.2, 0.25) is 0 Å². The molecule has 1 saturated carbocycles. The van der Waals surface area contributed by atoms with Gasteiger partial charge in [-0.25, -0.2) is 0 Å². The highest BCUT2D eigenvalue weighted by Gasteiger charge is 2.32. The molecule has 1 saturated heterocycles. The van der Waals surface area contributed by atoms with Crippen LogP contribution in [0, 0.1) is 0 Å². The molecule has 3 atom stereocenters. The van der Waals surface area contributed by atoms with Crippen LogP contribution in [0.3, 0.4) is 0 Å². The lowest BCUT2D eigenvalue weighted by molar-refractivity contribution is -0.141. The largest absolute Gasteiger partial charge is 0.391 e. The summed E-state index contributed by atoms with van der Waals surface area (Å²) in [6.45, 7) is 4.44. The van der Waals surface area contributed by atoms with Gasteiger partial charge in [-0.15, -0.1) is 0 Å². The van der Waals surface area contributed by atoms with Crippen LogP contribution in [0.15, 0.2) is 0 Å². The molecule has 1 amide bonds. The molecule has 2 rings (SSSR count). The van der Waals surface area contributed by atoms with E-state index in [0.29, 0.717) is 13.1 Å². The van der Waals surface area contributed by atoms with Crippen molar-refractivity contribution in [2.75, 3.05) is 26.2 Å². The van der Waals surface area contributed by atoms with Crippen molar-refractivity contribution >= 4 is 5.91 Å². The normalized spacial score (nSPS) is 32.3. The Balaban J connectivity index is 1.84. The molecular formula is C13H24N2O3. The summed E-state index contributed by atoms with van der Waals surface area (Å²) in [7, 11) is 0. The molecule has 104 valence electrons. The maximum atomic E-state index is 11.7. The summed E-state index contributed by atoms with van der Waals surface area (Å²) < 4.78 is 0. The fraction of sp³-hybridized carbons (Fsp3) is 0.923. The molecule has 0 spiro atoms.